The molecule has 626 valence electrons. The lowest BCUT2D eigenvalue weighted by Gasteiger charge is -2.29. The minimum atomic E-state index is -3.78. The number of aromatic nitrogens is 17. The molecule has 0 bridgehead atoms. The van der Waals surface area contributed by atoms with Crippen molar-refractivity contribution in [1.29, 1.82) is 0 Å². The lowest BCUT2D eigenvalue weighted by molar-refractivity contribution is 0.255. The van der Waals surface area contributed by atoms with Crippen LogP contribution in [0.2, 0.25) is 0 Å². The number of anilines is 14. The number of nitrogens with zero attached hydrogens (tertiary/aromatic N) is 20. The average molecular weight is 1670 g/mol. The Morgan fingerprint density at radius 1 is 0.479 bits per heavy atom. The Balaban J connectivity index is 0.000000134. The van der Waals surface area contributed by atoms with Crippen LogP contribution in [0.25, 0.3) is 23.3 Å². The third-order valence-electron chi connectivity index (χ3n) is 20.3. The summed E-state index contributed by atoms with van der Waals surface area (Å²) in [7, 11) is -3.17. The summed E-state index contributed by atoms with van der Waals surface area (Å²) in [6.07, 6.45) is 12.1. The van der Waals surface area contributed by atoms with E-state index in [0.29, 0.717) is 95.0 Å². The fraction of sp³-hybridized carbons (Fsp3) is 0.256. The van der Waals surface area contributed by atoms with Gasteiger partial charge in [-0.25, -0.2) is 52.0 Å². The second-order valence-electron chi connectivity index (χ2n) is 29.1. The number of primary sulfonamides is 2. The van der Waals surface area contributed by atoms with Crippen LogP contribution in [0.15, 0.2) is 233 Å². The van der Waals surface area contributed by atoms with Crippen LogP contribution in [-0.2, 0) is 39.4 Å². The standard InChI is InChI=1S/C27H27N9O2S.C19H23N7.C18H24N10O2S.C18H22N6O/c28-26-33-27(32-22-11-13-23(14-12-22)39(29,37)38)34-36(26)25-17-24(30-19-31-25)35(18-21-9-5-2-6-10-21)16-15-20-7-3-1-4-8-20;1-25-11-8-14(9-12-25)15-5-4-6-16(13-15)22-19-23-18(20)26(24-19)17-7-2-3-10-21-17;1-2-14-24-15(22-12-7-8-21-10-12)9-16(25-14)28-17(19)26-18(27-28)23-11-3-5-13(6-4-11)31(20,29)30;1-23-10-8-14(9-11-23)13-4-6-15(7-5-13)20-18-21-17(19)24(22-18)16-3-2-12-25-16/h1-14,17,19H,15-16,18H2,(H2,29,37,38)(H3,28,32,33,34);2-7,10,13-14H,8-9,11-12H2,1H3,(H3,20,22,23,24);3-6,9,12,21H,2,7-8,10H2,1H3,(H2,20,29,30)(H,22,24,25)(H3,19,23,26,27);2-7,12,14H,8-11H2,1H3,(H3,19,20,21,22). The fourth-order valence-corrected chi connectivity index (χ4v) is 14.9. The first kappa shape index (κ1) is 83.7. The predicted octanol–water partition coefficient (Wildman–Crippen LogP) is 9.44. The summed E-state index contributed by atoms with van der Waals surface area (Å²) >= 11 is 0. The van der Waals surface area contributed by atoms with E-state index in [2.05, 4.69) is 193 Å². The van der Waals surface area contributed by atoms with Crippen molar-refractivity contribution in [3.8, 4) is 23.3 Å². The number of benzene rings is 6. The number of nitrogens with one attached hydrogen (secondary N) is 6. The van der Waals surface area contributed by atoms with Crippen LogP contribution in [0.1, 0.15) is 78.9 Å². The van der Waals surface area contributed by atoms with Crippen molar-refractivity contribution in [2.24, 2.45) is 10.3 Å². The maximum Gasteiger partial charge on any atom is 0.248 e. The topological polar surface area (TPSA) is 507 Å². The molecule has 17 rings (SSSR count). The van der Waals surface area contributed by atoms with Crippen molar-refractivity contribution < 1.29 is 21.3 Å². The van der Waals surface area contributed by atoms with E-state index in [0.717, 1.165) is 81.4 Å². The molecule has 3 aliphatic rings. The molecule has 1 unspecified atom stereocenters. The summed E-state index contributed by atoms with van der Waals surface area (Å²) in [6, 6.07) is 62.4. The van der Waals surface area contributed by atoms with E-state index in [9.17, 15) is 16.8 Å². The van der Waals surface area contributed by atoms with Crippen molar-refractivity contribution in [2.75, 3.05) is 114 Å². The first-order valence-electron chi connectivity index (χ1n) is 39.3. The number of nitrogen functional groups attached to an aromatic ring is 4. The van der Waals surface area contributed by atoms with Gasteiger partial charge in [0.1, 0.15) is 23.8 Å². The molecular weight excluding hydrogens is 1580 g/mol. The Hall–Kier alpha value is -13.8. The molecule has 3 aliphatic heterocycles. The minimum absolute atomic E-state index is 0.00638. The van der Waals surface area contributed by atoms with Crippen LogP contribution in [-0.4, -0.2) is 177 Å². The molecule has 3 fully saturated rings. The van der Waals surface area contributed by atoms with Crippen LogP contribution < -0.4 is 70.0 Å². The number of nitrogens with two attached hydrogens (primary N) is 6. The van der Waals surface area contributed by atoms with Gasteiger partial charge in [-0.2, -0.15) is 38.7 Å². The molecule has 121 heavy (non-hydrogen) atoms. The van der Waals surface area contributed by atoms with Crippen molar-refractivity contribution in [3.63, 3.8) is 0 Å². The van der Waals surface area contributed by atoms with Crippen LogP contribution in [0.4, 0.5) is 82.0 Å². The zero-order valence-corrected chi connectivity index (χ0v) is 68.5. The van der Waals surface area contributed by atoms with E-state index in [4.69, 9.17) is 37.6 Å². The molecule has 0 amide bonds. The lowest BCUT2D eigenvalue weighted by Crippen LogP contribution is -2.29. The van der Waals surface area contributed by atoms with Gasteiger partial charge >= 0.3 is 0 Å². The summed E-state index contributed by atoms with van der Waals surface area (Å²) in [5, 5.41) is 47.1. The van der Waals surface area contributed by atoms with Gasteiger partial charge in [-0.1, -0.05) is 97.9 Å². The molecule has 0 saturated carbocycles. The van der Waals surface area contributed by atoms with E-state index in [1.807, 2.05) is 73.7 Å². The second-order valence-corrected chi connectivity index (χ2v) is 32.2. The number of likely N-dealkylation sites (tertiary alicyclic amines) is 2. The third-order valence-corrected chi connectivity index (χ3v) is 22.1. The molecule has 8 aromatic heterocycles. The largest absolute Gasteiger partial charge is 0.447 e. The summed E-state index contributed by atoms with van der Waals surface area (Å²) < 4.78 is 56.9. The number of furan rings is 1. The number of hydrogen-bond acceptors (Lipinski definition) is 31. The lowest BCUT2D eigenvalue weighted by atomic mass is 9.89. The molecule has 14 aromatic rings. The molecule has 6 aromatic carbocycles. The highest BCUT2D eigenvalue weighted by Crippen LogP contribution is 2.33. The summed E-state index contributed by atoms with van der Waals surface area (Å²) in [6.45, 7) is 9.86. The summed E-state index contributed by atoms with van der Waals surface area (Å²) in [5.41, 5.74) is 32.4. The van der Waals surface area contributed by atoms with Crippen molar-refractivity contribution in [2.45, 2.75) is 86.1 Å². The van der Waals surface area contributed by atoms with E-state index < -0.39 is 20.0 Å². The SMILES string of the molecule is CCc1nc(NC2CCNC2)cc(-n2nc(Nc3ccc(S(N)(=O)=O)cc3)nc2N)n1.CN1CCC(c2ccc(Nc3nc(N)n(-c4ccco4)n3)cc2)CC1.CN1CCC(c2cccc(Nc3nc(N)n(-c4ccccn4)n3)c2)CC1.Nc1nc(Nc2ccc(S(N)(=O)=O)cc2)nn1-c1cc(N(CCc2ccccc2)Cc2ccccc2)ncn1. The maximum absolute atomic E-state index is 11.5. The monoisotopic (exact) mass is 1670 g/mol. The first-order chi connectivity index (χ1) is 58.5. The Morgan fingerprint density at radius 3 is 1.51 bits per heavy atom. The van der Waals surface area contributed by atoms with Crippen LogP contribution in [0.3, 0.4) is 0 Å². The van der Waals surface area contributed by atoms with E-state index >= 15 is 0 Å². The Bertz CT molecular complexity index is 5920. The minimum Gasteiger partial charge on any atom is -0.447 e. The number of sulfonamides is 2. The number of rotatable bonds is 25. The molecule has 0 radical (unpaired) electrons. The van der Waals surface area contributed by atoms with E-state index in [-0.39, 0.29) is 39.5 Å². The van der Waals surface area contributed by atoms with Gasteiger partial charge in [0, 0.05) is 79.2 Å². The highest BCUT2D eigenvalue weighted by molar-refractivity contribution is 7.89. The number of piperidine rings is 2. The predicted molar refractivity (Wildman–Crippen MR) is 467 cm³/mol. The van der Waals surface area contributed by atoms with Crippen molar-refractivity contribution in [1.82, 2.24) is 99.1 Å². The van der Waals surface area contributed by atoms with Gasteiger partial charge in [-0.3, -0.25) is 0 Å². The zero-order valence-electron chi connectivity index (χ0n) is 66.9. The maximum atomic E-state index is 11.5. The first-order valence-corrected chi connectivity index (χ1v) is 42.4. The highest BCUT2D eigenvalue weighted by atomic mass is 32.2. The second kappa shape index (κ2) is 38.7. The molecular formula is C82H96N32O5S2. The smallest absolute Gasteiger partial charge is 0.248 e. The zero-order chi connectivity index (χ0) is 84.4. The third kappa shape index (κ3) is 22.7. The van der Waals surface area contributed by atoms with Gasteiger partial charge in [0.25, 0.3) is 0 Å². The van der Waals surface area contributed by atoms with Crippen molar-refractivity contribution in [3.05, 3.63) is 247 Å². The fourth-order valence-electron chi connectivity index (χ4n) is 13.8. The molecule has 18 N–H and O–H groups in total. The van der Waals surface area contributed by atoms with Crippen LogP contribution >= 0.6 is 0 Å². The Labute approximate surface area is 699 Å². The average Bonchev–Trinajstić information content (AvgIpc) is 1.67. The van der Waals surface area contributed by atoms with Crippen LogP contribution in [0, 0.1) is 0 Å². The van der Waals surface area contributed by atoms with Gasteiger partial charge in [0.15, 0.2) is 17.5 Å². The molecule has 0 aliphatic carbocycles. The van der Waals surface area contributed by atoms with E-state index in [1.54, 1.807) is 54.9 Å². The summed E-state index contributed by atoms with van der Waals surface area (Å²) in [5.74, 6) is 7.73. The molecule has 39 heteroatoms. The highest BCUT2D eigenvalue weighted by Gasteiger charge is 2.24. The Kier molecular flexibility index (Phi) is 26.8. The van der Waals surface area contributed by atoms with Gasteiger partial charge in [0.05, 0.1) is 16.1 Å². The molecule has 3 saturated heterocycles. The summed E-state index contributed by atoms with van der Waals surface area (Å²) in [4.78, 5) is 46.3. The number of pyridine rings is 1. The Morgan fingerprint density at radius 2 is 0.992 bits per heavy atom. The normalized spacial score (nSPS) is 14.6. The van der Waals surface area contributed by atoms with Crippen molar-refractivity contribution >= 4 is 102 Å². The van der Waals surface area contributed by atoms with Gasteiger partial charge in [-0.05, 0) is 210 Å². The van der Waals surface area contributed by atoms with Gasteiger partial charge in [-0.15, -0.1) is 20.4 Å². The van der Waals surface area contributed by atoms with E-state index in [1.165, 1.54) is 91.7 Å². The number of hydrogen-bond donors (Lipinski definition) is 12. The molecule has 11 heterocycles. The van der Waals surface area contributed by atoms with Gasteiger partial charge < -0.3 is 74.0 Å². The quantitative estimate of drug-likeness (QED) is 0.0253. The molecule has 1 atom stereocenters. The molecule has 0 spiro atoms. The van der Waals surface area contributed by atoms with Crippen LogP contribution in [0.5, 0.6) is 0 Å². The number of aryl methyl sites for hydroxylation is 1. The van der Waals surface area contributed by atoms with Gasteiger partial charge in [0.2, 0.25) is 73.5 Å². The molecule has 37 nitrogen and oxygen atoms in total.